The van der Waals surface area contributed by atoms with Crippen LogP contribution in [0.25, 0.3) is 44.8 Å². The summed E-state index contributed by atoms with van der Waals surface area (Å²) in [5, 5.41) is 11.2. The van der Waals surface area contributed by atoms with Gasteiger partial charge in [0.25, 0.3) is 5.91 Å². The second-order valence-corrected chi connectivity index (χ2v) is 10.1. The maximum atomic E-state index is 13.4. The highest BCUT2D eigenvalue weighted by atomic mass is 16.3. The second-order valence-electron chi connectivity index (χ2n) is 10.1. The van der Waals surface area contributed by atoms with E-state index < -0.39 is 6.23 Å². The van der Waals surface area contributed by atoms with Gasteiger partial charge in [0.2, 0.25) is 0 Å². The first-order valence-electron chi connectivity index (χ1n) is 13.4. The van der Waals surface area contributed by atoms with Crippen molar-refractivity contribution >= 4 is 28.0 Å². The number of hydrogen-bond donors (Lipinski definition) is 3. The van der Waals surface area contributed by atoms with E-state index in [1.165, 1.54) is 0 Å². The summed E-state index contributed by atoms with van der Waals surface area (Å²) in [6.45, 7) is 2.22. The molecular weight excluding hydrogens is 500 g/mol. The van der Waals surface area contributed by atoms with Crippen molar-refractivity contribution < 1.29 is 9.90 Å². The van der Waals surface area contributed by atoms with E-state index in [4.69, 9.17) is 0 Å². The third kappa shape index (κ3) is 4.53. The molecule has 1 amide bonds. The first-order valence-corrected chi connectivity index (χ1v) is 13.4. The van der Waals surface area contributed by atoms with Gasteiger partial charge in [0.1, 0.15) is 17.9 Å². The maximum absolute atomic E-state index is 13.4. The summed E-state index contributed by atoms with van der Waals surface area (Å²) >= 11 is 0. The quantitative estimate of drug-likeness (QED) is 0.285. The van der Waals surface area contributed by atoms with Gasteiger partial charge >= 0.3 is 0 Å². The largest absolute Gasteiger partial charge is 0.374 e. The van der Waals surface area contributed by atoms with Crippen molar-refractivity contribution in [1.29, 1.82) is 0 Å². The van der Waals surface area contributed by atoms with Gasteiger partial charge in [-0.25, -0.2) is 9.97 Å². The molecular formula is C32H28N6O2. The molecule has 3 N–H and O–H groups in total. The number of aliphatic hydroxyl groups excluding tert-OH is 1. The number of para-hydroxylation sites is 4. The Balaban J connectivity index is 1.03. The lowest BCUT2D eigenvalue weighted by Crippen LogP contribution is -2.49. The molecule has 1 unspecified atom stereocenters. The molecule has 0 saturated carbocycles. The number of nitrogens with one attached hydrogen (secondary N) is 2. The Morgan fingerprint density at radius 3 is 1.90 bits per heavy atom. The van der Waals surface area contributed by atoms with Crippen molar-refractivity contribution in [2.45, 2.75) is 6.23 Å². The van der Waals surface area contributed by atoms with E-state index in [9.17, 15) is 9.90 Å². The normalized spacial score (nSPS) is 15.1. The predicted molar refractivity (Wildman–Crippen MR) is 155 cm³/mol. The van der Waals surface area contributed by atoms with Gasteiger partial charge in [-0.2, -0.15) is 0 Å². The zero-order valence-corrected chi connectivity index (χ0v) is 21.8. The van der Waals surface area contributed by atoms with Crippen LogP contribution in [0.5, 0.6) is 0 Å². The minimum absolute atomic E-state index is 0.0148. The average molecular weight is 529 g/mol. The fraction of sp³-hybridized carbons (Fsp3) is 0.156. The third-order valence-corrected chi connectivity index (χ3v) is 7.57. The van der Waals surface area contributed by atoms with Gasteiger partial charge in [-0.05, 0) is 48.0 Å². The molecule has 0 aliphatic carbocycles. The molecule has 1 aliphatic heterocycles. The predicted octanol–water partition coefficient (Wildman–Crippen LogP) is 5.22. The number of amides is 1. The average Bonchev–Trinajstić information content (AvgIpc) is 3.65. The number of carbonyl (C=O) groups excluding carboxylic acids is 1. The zero-order chi connectivity index (χ0) is 27.1. The van der Waals surface area contributed by atoms with Crippen LogP contribution in [0.15, 0.2) is 97.1 Å². The highest BCUT2D eigenvalue weighted by Gasteiger charge is 2.27. The highest BCUT2D eigenvalue weighted by molar-refractivity contribution is 5.95. The lowest BCUT2D eigenvalue weighted by Gasteiger charge is -2.37. The zero-order valence-electron chi connectivity index (χ0n) is 21.8. The van der Waals surface area contributed by atoms with E-state index in [1.807, 2.05) is 107 Å². The van der Waals surface area contributed by atoms with Gasteiger partial charge < -0.3 is 20.0 Å². The van der Waals surface area contributed by atoms with E-state index in [0.717, 1.165) is 50.4 Å². The number of aliphatic hydroxyl groups is 1. The van der Waals surface area contributed by atoms with Crippen LogP contribution in [-0.4, -0.2) is 66.9 Å². The third-order valence-electron chi connectivity index (χ3n) is 7.57. The Morgan fingerprint density at radius 1 is 0.700 bits per heavy atom. The minimum Gasteiger partial charge on any atom is -0.374 e. The number of benzene rings is 4. The summed E-state index contributed by atoms with van der Waals surface area (Å²) in [6.07, 6.45) is -0.766. The van der Waals surface area contributed by atoms with Crippen LogP contribution in [0.1, 0.15) is 22.1 Å². The van der Waals surface area contributed by atoms with Gasteiger partial charge in [0.05, 0.1) is 22.1 Å². The summed E-state index contributed by atoms with van der Waals surface area (Å²) in [7, 11) is 0. The summed E-state index contributed by atoms with van der Waals surface area (Å²) < 4.78 is 0. The van der Waals surface area contributed by atoms with Crippen molar-refractivity contribution in [2.75, 3.05) is 26.2 Å². The number of hydrogen-bond acceptors (Lipinski definition) is 5. The summed E-state index contributed by atoms with van der Waals surface area (Å²) in [6, 6.07) is 31.2. The summed E-state index contributed by atoms with van der Waals surface area (Å²) in [5.74, 6) is 1.50. The molecule has 4 aromatic carbocycles. The Kier molecular flexibility index (Phi) is 6.11. The smallest absolute Gasteiger partial charge is 0.253 e. The highest BCUT2D eigenvalue weighted by Crippen LogP contribution is 2.27. The Labute approximate surface area is 230 Å². The number of carbonyl (C=O) groups is 1. The topological polar surface area (TPSA) is 101 Å². The number of nitrogens with zero attached hydrogens (tertiary/aromatic N) is 4. The summed E-state index contributed by atoms with van der Waals surface area (Å²) in [4.78, 5) is 33.3. The monoisotopic (exact) mass is 528 g/mol. The first-order chi connectivity index (χ1) is 19.6. The van der Waals surface area contributed by atoms with E-state index in [2.05, 4.69) is 19.9 Å². The molecule has 0 radical (unpaired) electrons. The molecule has 0 spiro atoms. The van der Waals surface area contributed by atoms with E-state index >= 15 is 0 Å². The van der Waals surface area contributed by atoms with Crippen molar-refractivity contribution in [1.82, 2.24) is 29.7 Å². The summed E-state index contributed by atoms with van der Waals surface area (Å²) in [5.41, 5.74) is 6.98. The van der Waals surface area contributed by atoms with E-state index in [1.54, 1.807) is 0 Å². The van der Waals surface area contributed by atoms with Crippen LogP contribution in [-0.2, 0) is 0 Å². The molecule has 6 aromatic rings. The molecule has 40 heavy (non-hydrogen) atoms. The Morgan fingerprint density at radius 2 is 1.27 bits per heavy atom. The van der Waals surface area contributed by atoms with E-state index in [-0.39, 0.29) is 5.91 Å². The fourth-order valence-electron chi connectivity index (χ4n) is 5.39. The molecule has 1 fully saturated rings. The van der Waals surface area contributed by atoms with Gasteiger partial charge in [-0.15, -0.1) is 0 Å². The Bertz CT molecular complexity index is 1770. The van der Waals surface area contributed by atoms with Gasteiger partial charge in [0, 0.05) is 42.9 Å². The van der Waals surface area contributed by atoms with Gasteiger partial charge in [-0.3, -0.25) is 9.69 Å². The molecule has 1 saturated heterocycles. The van der Waals surface area contributed by atoms with Crippen LogP contribution in [0.3, 0.4) is 0 Å². The van der Waals surface area contributed by atoms with Crippen LogP contribution < -0.4 is 0 Å². The number of imidazole rings is 2. The molecule has 1 aliphatic rings. The minimum atomic E-state index is -0.766. The first kappa shape index (κ1) is 24.3. The van der Waals surface area contributed by atoms with Crippen molar-refractivity contribution in [3.05, 3.63) is 108 Å². The molecule has 8 heteroatoms. The molecule has 1 atom stereocenters. The fourth-order valence-corrected chi connectivity index (χ4v) is 5.39. The van der Waals surface area contributed by atoms with Crippen LogP contribution in [0, 0.1) is 0 Å². The van der Waals surface area contributed by atoms with Crippen molar-refractivity contribution in [3.63, 3.8) is 0 Å². The number of aromatic nitrogens is 4. The maximum Gasteiger partial charge on any atom is 0.253 e. The van der Waals surface area contributed by atoms with Crippen molar-refractivity contribution in [2.24, 2.45) is 0 Å². The number of piperazine rings is 1. The van der Waals surface area contributed by atoms with Crippen LogP contribution in [0.4, 0.5) is 0 Å². The number of H-pyrrole nitrogens is 2. The van der Waals surface area contributed by atoms with Crippen molar-refractivity contribution in [3.8, 4) is 22.8 Å². The van der Waals surface area contributed by atoms with Crippen LogP contribution >= 0.6 is 0 Å². The lowest BCUT2D eigenvalue weighted by atomic mass is 10.1. The molecule has 7 rings (SSSR count). The standard InChI is InChI=1S/C32H28N6O2/c39-31(23-9-5-7-21(19-23)29-33-25-11-1-2-12-26(25)34-29)37-15-17-38(18-16-37)32(40)24-10-6-8-22(20-24)30-35-27-13-3-4-14-28(27)36-30/h1-14,19-20,31,39H,15-18H2,(H,33,34)(H,35,36). The number of aromatic amines is 2. The lowest BCUT2D eigenvalue weighted by molar-refractivity contribution is -0.0240. The molecule has 2 aromatic heterocycles. The molecule has 0 bridgehead atoms. The van der Waals surface area contributed by atoms with Gasteiger partial charge in [-0.1, -0.05) is 54.6 Å². The number of rotatable bonds is 5. The number of fused-ring (bicyclic) bond motifs is 2. The second kappa shape index (κ2) is 10.1. The van der Waals surface area contributed by atoms with Gasteiger partial charge in [0.15, 0.2) is 0 Å². The molecule has 198 valence electrons. The Hall–Kier alpha value is -4.79. The van der Waals surface area contributed by atoms with E-state index in [0.29, 0.717) is 31.7 Å². The van der Waals surface area contributed by atoms with Crippen LogP contribution in [0.2, 0.25) is 0 Å². The molecule has 3 heterocycles. The SMILES string of the molecule is O=C(c1cccc(-c2nc3ccccc3[nH]2)c1)N1CCN(C(O)c2cccc(-c3nc4ccccc4[nH]3)c2)CC1. The molecule has 8 nitrogen and oxygen atoms in total.